The van der Waals surface area contributed by atoms with Crippen LogP contribution in [-0.2, 0) is 9.47 Å². The third-order valence-electron chi connectivity index (χ3n) is 4.55. The summed E-state index contributed by atoms with van der Waals surface area (Å²) in [5.74, 6) is 0. The van der Waals surface area contributed by atoms with Crippen LogP contribution in [-0.4, -0.2) is 42.7 Å². The molecule has 0 aromatic carbocycles. The average molecular weight is 243 g/mol. The smallest absolute Gasteiger partial charge is 0.0766 e. The van der Waals surface area contributed by atoms with Crippen molar-refractivity contribution in [1.29, 1.82) is 0 Å². The molecule has 0 amide bonds. The van der Waals surface area contributed by atoms with Gasteiger partial charge >= 0.3 is 0 Å². The molecule has 0 saturated carbocycles. The first-order chi connectivity index (χ1) is 7.93. The summed E-state index contributed by atoms with van der Waals surface area (Å²) in [6.07, 6.45) is 3.07. The van der Waals surface area contributed by atoms with E-state index in [-0.39, 0.29) is 11.0 Å². The van der Waals surface area contributed by atoms with Crippen LogP contribution >= 0.6 is 0 Å². The zero-order valence-corrected chi connectivity index (χ0v) is 11.0. The molecule has 4 nitrogen and oxygen atoms in total. The molecule has 1 atom stereocenters. The van der Waals surface area contributed by atoms with Gasteiger partial charge in [0.05, 0.1) is 17.8 Å². The van der Waals surface area contributed by atoms with Crippen LogP contribution < -0.4 is 5.73 Å². The largest absolute Gasteiger partial charge is 0.389 e. The molecule has 2 rings (SSSR count). The van der Waals surface area contributed by atoms with Crippen LogP contribution in [0.15, 0.2) is 0 Å². The van der Waals surface area contributed by atoms with Gasteiger partial charge in [0.1, 0.15) is 0 Å². The summed E-state index contributed by atoms with van der Waals surface area (Å²) in [6, 6.07) is 0. The number of hydrogen-bond donors (Lipinski definition) is 2. The van der Waals surface area contributed by atoms with E-state index in [1.807, 2.05) is 13.8 Å². The first-order valence-corrected chi connectivity index (χ1v) is 6.57. The maximum Gasteiger partial charge on any atom is 0.0766 e. The minimum Gasteiger partial charge on any atom is -0.389 e. The summed E-state index contributed by atoms with van der Waals surface area (Å²) in [5.41, 5.74) is 4.84. The highest BCUT2D eigenvalue weighted by Gasteiger charge is 2.53. The number of hydrogen-bond acceptors (Lipinski definition) is 4. The van der Waals surface area contributed by atoms with Gasteiger partial charge in [-0.25, -0.2) is 0 Å². The maximum absolute atomic E-state index is 11.1. The molecule has 0 radical (unpaired) electrons. The van der Waals surface area contributed by atoms with Gasteiger partial charge in [0, 0.05) is 38.0 Å². The monoisotopic (exact) mass is 243 g/mol. The van der Waals surface area contributed by atoms with E-state index in [4.69, 9.17) is 15.2 Å². The molecule has 0 aromatic heterocycles. The SMILES string of the molecule is CC1(C)CC(O)(C2(CN)CCOCC2)CCO1. The number of nitrogens with two attached hydrogens (primary N) is 1. The van der Waals surface area contributed by atoms with E-state index in [2.05, 4.69) is 0 Å². The lowest BCUT2D eigenvalue weighted by molar-refractivity contribution is -0.210. The van der Waals surface area contributed by atoms with Crippen LogP contribution in [0.2, 0.25) is 0 Å². The van der Waals surface area contributed by atoms with Gasteiger partial charge in [-0.1, -0.05) is 0 Å². The molecule has 2 aliphatic rings. The molecule has 2 fully saturated rings. The molecule has 2 saturated heterocycles. The summed E-state index contributed by atoms with van der Waals surface area (Å²) in [7, 11) is 0. The Morgan fingerprint density at radius 2 is 1.76 bits per heavy atom. The Labute approximate surface area is 103 Å². The van der Waals surface area contributed by atoms with Crippen molar-refractivity contribution < 1.29 is 14.6 Å². The second-order valence-electron chi connectivity index (χ2n) is 6.16. The first kappa shape index (κ1) is 13.3. The molecule has 17 heavy (non-hydrogen) atoms. The quantitative estimate of drug-likeness (QED) is 0.761. The van der Waals surface area contributed by atoms with Crippen molar-refractivity contribution in [2.24, 2.45) is 11.1 Å². The number of rotatable bonds is 2. The van der Waals surface area contributed by atoms with E-state index < -0.39 is 5.60 Å². The Morgan fingerprint density at radius 1 is 1.12 bits per heavy atom. The minimum absolute atomic E-state index is 0.188. The molecule has 0 spiro atoms. The third-order valence-corrected chi connectivity index (χ3v) is 4.55. The lowest BCUT2D eigenvalue weighted by atomic mass is 9.61. The van der Waals surface area contributed by atoms with Crippen LogP contribution in [0.1, 0.15) is 39.5 Å². The maximum atomic E-state index is 11.1. The predicted molar refractivity (Wildman–Crippen MR) is 65.8 cm³/mol. The predicted octanol–water partition coefficient (Wildman–Crippen LogP) is 1.06. The standard InChI is InChI=1S/C13H25NO3/c1-11(2)9-13(15,5-8-17-11)12(10-14)3-6-16-7-4-12/h15H,3-10,14H2,1-2H3. The molecule has 4 heteroatoms. The third kappa shape index (κ3) is 2.36. The van der Waals surface area contributed by atoms with Crippen molar-refractivity contribution in [2.45, 2.75) is 50.7 Å². The van der Waals surface area contributed by atoms with Gasteiger partial charge in [0.2, 0.25) is 0 Å². The number of aliphatic hydroxyl groups is 1. The second kappa shape index (κ2) is 4.50. The Bertz CT molecular complexity index is 274. The highest BCUT2D eigenvalue weighted by Crippen LogP contribution is 2.48. The fraction of sp³-hybridized carbons (Fsp3) is 1.00. The summed E-state index contributed by atoms with van der Waals surface area (Å²) >= 11 is 0. The Hall–Kier alpha value is -0.160. The molecule has 0 aromatic rings. The van der Waals surface area contributed by atoms with E-state index in [9.17, 15) is 5.11 Å². The average Bonchev–Trinajstić information content (AvgIpc) is 2.28. The van der Waals surface area contributed by atoms with Crippen molar-refractivity contribution >= 4 is 0 Å². The molecular weight excluding hydrogens is 218 g/mol. The van der Waals surface area contributed by atoms with Gasteiger partial charge in [-0.15, -0.1) is 0 Å². The zero-order valence-electron chi connectivity index (χ0n) is 11.0. The van der Waals surface area contributed by atoms with E-state index >= 15 is 0 Å². The van der Waals surface area contributed by atoms with Crippen LogP contribution in [0.3, 0.4) is 0 Å². The summed E-state index contributed by atoms with van der Waals surface area (Å²) < 4.78 is 11.1. The van der Waals surface area contributed by atoms with Crippen molar-refractivity contribution in [3.63, 3.8) is 0 Å². The zero-order chi connectivity index (χ0) is 12.6. The summed E-state index contributed by atoms with van der Waals surface area (Å²) in [5, 5.41) is 11.1. The molecule has 0 aliphatic carbocycles. The lowest BCUT2D eigenvalue weighted by Crippen LogP contribution is -2.60. The van der Waals surface area contributed by atoms with E-state index in [1.165, 1.54) is 0 Å². The molecule has 100 valence electrons. The minimum atomic E-state index is -0.701. The molecule has 1 unspecified atom stereocenters. The summed E-state index contributed by atoms with van der Waals surface area (Å²) in [6.45, 7) is 6.65. The van der Waals surface area contributed by atoms with Gasteiger partial charge < -0.3 is 20.3 Å². The Morgan fingerprint density at radius 3 is 2.29 bits per heavy atom. The topological polar surface area (TPSA) is 64.7 Å². The molecule has 2 heterocycles. The van der Waals surface area contributed by atoms with Gasteiger partial charge in [-0.2, -0.15) is 0 Å². The van der Waals surface area contributed by atoms with E-state index in [0.29, 0.717) is 39.2 Å². The summed E-state index contributed by atoms with van der Waals surface area (Å²) in [4.78, 5) is 0. The molecule has 0 bridgehead atoms. The van der Waals surface area contributed by atoms with Crippen LogP contribution in [0.25, 0.3) is 0 Å². The Balaban J connectivity index is 2.22. The molecular formula is C13H25NO3. The van der Waals surface area contributed by atoms with Crippen LogP contribution in [0, 0.1) is 5.41 Å². The highest BCUT2D eigenvalue weighted by atomic mass is 16.5. The normalized spacial score (nSPS) is 36.7. The number of ether oxygens (including phenoxy) is 2. The van der Waals surface area contributed by atoms with Crippen molar-refractivity contribution in [3.8, 4) is 0 Å². The van der Waals surface area contributed by atoms with Crippen molar-refractivity contribution in [2.75, 3.05) is 26.4 Å². The van der Waals surface area contributed by atoms with Crippen molar-refractivity contribution in [1.82, 2.24) is 0 Å². The van der Waals surface area contributed by atoms with Gasteiger partial charge in [0.25, 0.3) is 0 Å². The van der Waals surface area contributed by atoms with Crippen LogP contribution in [0.5, 0.6) is 0 Å². The fourth-order valence-corrected chi connectivity index (χ4v) is 3.41. The van der Waals surface area contributed by atoms with Crippen molar-refractivity contribution in [3.05, 3.63) is 0 Å². The Kier molecular flexibility index (Phi) is 3.51. The lowest BCUT2D eigenvalue weighted by Gasteiger charge is -2.54. The van der Waals surface area contributed by atoms with E-state index in [1.54, 1.807) is 0 Å². The van der Waals surface area contributed by atoms with Gasteiger partial charge in [-0.3, -0.25) is 0 Å². The van der Waals surface area contributed by atoms with Gasteiger partial charge in [-0.05, 0) is 26.7 Å². The van der Waals surface area contributed by atoms with E-state index in [0.717, 1.165) is 12.8 Å². The second-order valence-corrected chi connectivity index (χ2v) is 6.16. The highest BCUT2D eigenvalue weighted by molar-refractivity contribution is 5.05. The van der Waals surface area contributed by atoms with Crippen LogP contribution in [0.4, 0.5) is 0 Å². The van der Waals surface area contributed by atoms with Gasteiger partial charge in [0.15, 0.2) is 0 Å². The molecule has 3 N–H and O–H groups in total. The molecule has 2 aliphatic heterocycles. The fourth-order valence-electron chi connectivity index (χ4n) is 3.41. The first-order valence-electron chi connectivity index (χ1n) is 6.57.